The van der Waals surface area contributed by atoms with Crippen molar-refractivity contribution in [1.29, 1.82) is 0 Å². The fourth-order valence-corrected chi connectivity index (χ4v) is 2.50. The van der Waals surface area contributed by atoms with Gasteiger partial charge in [-0.2, -0.15) is 0 Å². The number of halogens is 4. The Hall–Kier alpha value is -1.84. The molecule has 0 amide bonds. The van der Waals surface area contributed by atoms with Crippen molar-refractivity contribution in [2.75, 3.05) is 0 Å². The summed E-state index contributed by atoms with van der Waals surface area (Å²) in [5.74, 6) is -0.351. The van der Waals surface area contributed by atoms with E-state index in [1.54, 1.807) is 0 Å². The van der Waals surface area contributed by atoms with Crippen LogP contribution < -0.4 is 10.5 Å². The van der Waals surface area contributed by atoms with Crippen molar-refractivity contribution in [1.82, 2.24) is 0 Å². The zero-order valence-corrected chi connectivity index (χ0v) is 12.4. The van der Waals surface area contributed by atoms with E-state index in [2.05, 4.69) is 4.74 Å². The molecule has 2 aromatic rings. The highest BCUT2D eigenvalue weighted by molar-refractivity contribution is 7.15. The summed E-state index contributed by atoms with van der Waals surface area (Å²) >= 11 is 0.923. The predicted molar refractivity (Wildman–Crippen MR) is 77.4 cm³/mol. The summed E-state index contributed by atoms with van der Waals surface area (Å²) < 4.78 is 39.9. The van der Waals surface area contributed by atoms with Crippen molar-refractivity contribution in [2.24, 2.45) is 5.73 Å². The van der Waals surface area contributed by atoms with Crippen molar-refractivity contribution in [3.63, 3.8) is 0 Å². The molecule has 0 radical (unpaired) electrons. The highest BCUT2D eigenvalue weighted by Gasteiger charge is 2.31. The molecule has 22 heavy (non-hydrogen) atoms. The number of thiophene rings is 1. The minimum Gasteiger partial charge on any atom is -0.406 e. The summed E-state index contributed by atoms with van der Waals surface area (Å²) in [4.78, 5) is 10.6. The maximum Gasteiger partial charge on any atom is 0.573 e. The van der Waals surface area contributed by atoms with Crippen molar-refractivity contribution < 1.29 is 22.8 Å². The van der Waals surface area contributed by atoms with Crippen LogP contribution in [0.4, 0.5) is 18.2 Å². The molecule has 10 heteroatoms. The summed E-state index contributed by atoms with van der Waals surface area (Å²) in [6.07, 6.45) is -4.75. The van der Waals surface area contributed by atoms with E-state index in [0.29, 0.717) is 10.4 Å². The van der Waals surface area contributed by atoms with Crippen LogP contribution in [0.15, 0.2) is 36.4 Å². The van der Waals surface area contributed by atoms with Crippen LogP contribution in [0.1, 0.15) is 16.5 Å². The number of hydrogen-bond acceptors (Lipinski definition) is 5. The number of benzene rings is 1. The zero-order valence-electron chi connectivity index (χ0n) is 10.7. The van der Waals surface area contributed by atoms with E-state index in [0.717, 1.165) is 23.5 Å². The molecule has 0 fully saturated rings. The maximum atomic E-state index is 12.0. The molecule has 1 aromatic heterocycles. The van der Waals surface area contributed by atoms with Gasteiger partial charge in [0.05, 0.1) is 11.0 Å². The molecular formula is C12H10ClF3N2O3S. The fourth-order valence-electron chi connectivity index (χ4n) is 1.65. The van der Waals surface area contributed by atoms with Crippen LogP contribution in [0.3, 0.4) is 0 Å². The second-order valence-corrected chi connectivity index (χ2v) is 5.12. The molecule has 0 aliphatic carbocycles. The molecule has 2 rings (SSSR count). The van der Waals surface area contributed by atoms with Gasteiger partial charge in [-0.05, 0) is 23.8 Å². The van der Waals surface area contributed by atoms with Crippen molar-refractivity contribution >= 4 is 28.7 Å². The lowest BCUT2D eigenvalue weighted by atomic mass is 10.1. The van der Waals surface area contributed by atoms with Gasteiger partial charge in [0.1, 0.15) is 5.75 Å². The Bertz CT molecular complexity index is 646. The van der Waals surface area contributed by atoms with E-state index < -0.39 is 17.3 Å². The predicted octanol–water partition coefficient (Wildman–Crippen LogP) is 4.02. The standard InChI is InChI=1S/C12H9F3N2O3S.ClH/c13-12(14,15)20-8-3-1-7(2-4-8)11(16)9-5-6-10(21-9)17(18)19;/h1-6,11H,16H2;1H/t11-;/m1./s1. The summed E-state index contributed by atoms with van der Waals surface area (Å²) in [6, 6.07) is 7.27. The number of nitrogens with zero attached hydrogens (tertiary/aromatic N) is 1. The SMILES string of the molecule is Cl.N[C@H](c1ccc(OC(F)(F)F)cc1)c1ccc([N+](=O)[O-])s1. The quantitative estimate of drug-likeness (QED) is 0.664. The normalized spacial score (nSPS) is 12.4. The number of ether oxygens (including phenoxy) is 1. The summed E-state index contributed by atoms with van der Waals surface area (Å²) in [6.45, 7) is 0. The Morgan fingerprint density at radius 1 is 1.18 bits per heavy atom. The van der Waals surface area contributed by atoms with Gasteiger partial charge in [0, 0.05) is 10.9 Å². The third-order valence-corrected chi connectivity index (χ3v) is 3.69. The Morgan fingerprint density at radius 3 is 2.23 bits per heavy atom. The highest BCUT2D eigenvalue weighted by Crippen LogP contribution is 2.32. The van der Waals surface area contributed by atoms with Crippen molar-refractivity contribution in [3.8, 4) is 5.75 Å². The van der Waals surface area contributed by atoms with E-state index in [1.165, 1.54) is 24.3 Å². The lowest BCUT2D eigenvalue weighted by Crippen LogP contribution is -2.17. The molecule has 0 unspecified atom stereocenters. The number of nitro groups is 1. The summed E-state index contributed by atoms with van der Waals surface area (Å²) in [5.41, 5.74) is 6.46. The third kappa shape index (κ3) is 4.58. The molecule has 0 bridgehead atoms. The van der Waals surface area contributed by atoms with Gasteiger partial charge in [-0.25, -0.2) is 0 Å². The minimum absolute atomic E-state index is 0. The number of nitrogens with two attached hydrogens (primary N) is 1. The van der Waals surface area contributed by atoms with Crippen LogP contribution in [0.25, 0.3) is 0 Å². The first-order chi connectivity index (χ1) is 9.76. The number of hydrogen-bond donors (Lipinski definition) is 1. The van der Waals surface area contributed by atoms with E-state index >= 15 is 0 Å². The minimum atomic E-state index is -4.75. The van der Waals surface area contributed by atoms with Crippen LogP contribution in [-0.4, -0.2) is 11.3 Å². The van der Waals surface area contributed by atoms with E-state index in [-0.39, 0.29) is 23.2 Å². The van der Waals surface area contributed by atoms with Gasteiger partial charge in [0.15, 0.2) is 0 Å². The molecule has 2 N–H and O–H groups in total. The molecule has 0 spiro atoms. The number of alkyl halides is 3. The van der Waals surface area contributed by atoms with Gasteiger partial charge in [0.2, 0.25) is 0 Å². The number of rotatable bonds is 4. The third-order valence-electron chi connectivity index (χ3n) is 2.57. The van der Waals surface area contributed by atoms with E-state index in [4.69, 9.17) is 5.73 Å². The lowest BCUT2D eigenvalue weighted by molar-refractivity contribution is -0.380. The Morgan fingerprint density at radius 2 is 1.77 bits per heavy atom. The molecule has 1 aromatic carbocycles. The van der Waals surface area contributed by atoms with Crippen LogP contribution in [0.5, 0.6) is 5.75 Å². The van der Waals surface area contributed by atoms with Crippen LogP contribution in [0, 0.1) is 10.1 Å². The molecule has 0 aliphatic rings. The second-order valence-electron chi connectivity index (χ2n) is 4.03. The molecule has 0 aliphatic heterocycles. The average Bonchev–Trinajstić information content (AvgIpc) is 2.86. The Kier molecular flexibility index (Phi) is 5.75. The average molecular weight is 355 g/mol. The highest BCUT2D eigenvalue weighted by atomic mass is 35.5. The molecule has 1 atom stereocenters. The molecule has 0 saturated heterocycles. The second kappa shape index (κ2) is 6.95. The van der Waals surface area contributed by atoms with Gasteiger partial charge >= 0.3 is 11.4 Å². The van der Waals surface area contributed by atoms with Crippen molar-refractivity contribution in [2.45, 2.75) is 12.4 Å². The van der Waals surface area contributed by atoms with Gasteiger partial charge in [-0.15, -0.1) is 25.6 Å². The maximum absolute atomic E-state index is 12.0. The van der Waals surface area contributed by atoms with Crippen LogP contribution in [0.2, 0.25) is 0 Å². The van der Waals surface area contributed by atoms with E-state index in [9.17, 15) is 23.3 Å². The summed E-state index contributed by atoms with van der Waals surface area (Å²) in [7, 11) is 0. The first-order valence-corrected chi connectivity index (χ1v) is 6.43. The first-order valence-electron chi connectivity index (χ1n) is 5.61. The summed E-state index contributed by atoms with van der Waals surface area (Å²) in [5, 5.41) is 10.6. The van der Waals surface area contributed by atoms with Gasteiger partial charge in [-0.1, -0.05) is 23.5 Å². The lowest BCUT2D eigenvalue weighted by Gasteiger charge is -2.12. The van der Waals surface area contributed by atoms with Crippen LogP contribution in [-0.2, 0) is 0 Å². The molecule has 0 saturated carbocycles. The van der Waals surface area contributed by atoms with Gasteiger partial charge in [0.25, 0.3) is 0 Å². The molecule has 120 valence electrons. The molecule has 5 nitrogen and oxygen atoms in total. The van der Waals surface area contributed by atoms with Crippen molar-refractivity contribution in [3.05, 3.63) is 57.0 Å². The first kappa shape index (κ1) is 18.2. The smallest absolute Gasteiger partial charge is 0.406 e. The van der Waals surface area contributed by atoms with Gasteiger partial charge in [-0.3, -0.25) is 10.1 Å². The topological polar surface area (TPSA) is 78.4 Å². The largest absolute Gasteiger partial charge is 0.573 e. The Labute approximate surface area is 133 Å². The zero-order chi connectivity index (χ0) is 15.6. The van der Waals surface area contributed by atoms with E-state index in [1.807, 2.05) is 0 Å². The van der Waals surface area contributed by atoms with Crippen LogP contribution >= 0.6 is 23.7 Å². The Balaban J connectivity index is 0.00000242. The fraction of sp³-hybridized carbons (Fsp3) is 0.167. The monoisotopic (exact) mass is 354 g/mol. The molecular weight excluding hydrogens is 345 g/mol. The molecule has 1 heterocycles. The van der Waals surface area contributed by atoms with Gasteiger partial charge < -0.3 is 10.5 Å².